The molecule has 98 heavy (non-hydrogen) atoms. The Labute approximate surface area is 568 Å². The van der Waals surface area contributed by atoms with Crippen LogP contribution in [0.15, 0.2) is 109 Å². The largest absolute Gasteiger partial charge is 0.457 e. The number of amides is 8. The number of carbonyl (C=O) groups excluding carboxylic acids is 8. The average Bonchev–Trinajstić information content (AvgIpc) is 0.672. The molecule has 2 heterocycles. The fraction of sp³-hybridized carbons (Fsp3) is 0.308. The van der Waals surface area contributed by atoms with Gasteiger partial charge in [0.1, 0.15) is 58.1 Å². The Bertz CT molecular complexity index is 4500. The molecule has 20 nitrogen and oxygen atoms in total. The Balaban J connectivity index is 1.30. The third kappa shape index (κ3) is 13.6. The molecule has 0 aliphatic carbocycles. The maximum atomic E-state index is 16.2. The molecule has 2 unspecified atom stereocenters. The summed E-state index contributed by atoms with van der Waals surface area (Å²) in [6, 6.07) is 25.9. The number of fused-ring (bicyclic) bond motifs is 2. The van der Waals surface area contributed by atoms with E-state index in [1.165, 1.54) is 14.2 Å². The van der Waals surface area contributed by atoms with Crippen molar-refractivity contribution in [3.8, 4) is 46.0 Å². The summed E-state index contributed by atoms with van der Waals surface area (Å²) in [5, 5.41) is 13.1. The van der Waals surface area contributed by atoms with Gasteiger partial charge in [0.05, 0.1) is 22.3 Å². The van der Waals surface area contributed by atoms with Crippen LogP contribution in [0.25, 0.3) is 43.1 Å². The Kier molecular flexibility index (Phi) is 19.7. The molecule has 4 N–H and O–H groups in total. The monoisotopic (exact) mass is 1320 g/mol. The molecule has 0 bridgehead atoms. The highest BCUT2D eigenvalue weighted by atomic mass is 16.5. The first-order valence-corrected chi connectivity index (χ1v) is 32.7. The van der Waals surface area contributed by atoms with Crippen LogP contribution in [-0.2, 0) is 28.7 Å². The summed E-state index contributed by atoms with van der Waals surface area (Å²) in [5.74, 6) is -4.03. The third-order valence-electron chi connectivity index (χ3n) is 17.4. The van der Waals surface area contributed by atoms with E-state index >= 15 is 19.2 Å². The minimum absolute atomic E-state index is 0.0121. The predicted molar refractivity (Wildman–Crippen MR) is 375 cm³/mol. The van der Waals surface area contributed by atoms with Crippen LogP contribution in [-0.4, -0.2) is 123 Å². The lowest BCUT2D eigenvalue weighted by Gasteiger charge is -2.36. The molecule has 0 saturated heterocycles. The molecular weight excluding hydrogens is 1240 g/mol. The number of hydrogen-bond donors (Lipinski definition) is 4. The first-order chi connectivity index (χ1) is 46.7. The van der Waals surface area contributed by atoms with E-state index in [1.807, 2.05) is 128 Å². The Morgan fingerprint density at radius 1 is 0.378 bits per heavy atom. The van der Waals surface area contributed by atoms with Crippen molar-refractivity contribution in [1.82, 2.24) is 31.1 Å². The van der Waals surface area contributed by atoms with E-state index in [0.29, 0.717) is 23.0 Å². The topological polar surface area (TPSA) is 247 Å². The second kappa shape index (κ2) is 28.2. The van der Waals surface area contributed by atoms with E-state index in [2.05, 4.69) is 27.8 Å². The summed E-state index contributed by atoms with van der Waals surface area (Å²) in [4.78, 5) is 121. The molecule has 0 spiro atoms. The van der Waals surface area contributed by atoms with Gasteiger partial charge in [-0.05, 0) is 180 Å². The SMILES string of the molecule is C=C(C)C(=O)NCCNC(=O)C(CCOC)N1C(=O)c2cc(Oc3cc(C)cc(C)c3)c3c4c(Oc5cc(C)cc(C)c5)cc5c6c(cc(Oc7cc(C)cc(C)c7)c(c7c(Oc8cc(C)cc(C)c8)cc(c2c37)C1=O)c64)C(=O)N(C(CCOC)C(=O)NCCNC(=O)C(C)C)C5=O. The van der Waals surface area contributed by atoms with Crippen LogP contribution < -0.4 is 40.2 Å². The number of benzene rings is 9. The summed E-state index contributed by atoms with van der Waals surface area (Å²) in [6.07, 6.45) is -0.251. The van der Waals surface area contributed by atoms with Crippen LogP contribution in [0.2, 0.25) is 0 Å². The molecule has 0 radical (unpaired) electrons. The summed E-state index contributed by atoms with van der Waals surface area (Å²) in [5.41, 5.74) is 6.88. The quantitative estimate of drug-likeness (QED) is 0.0130. The number of rotatable bonds is 26. The van der Waals surface area contributed by atoms with Crippen LogP contribution in [0.4, 0.5) is 0 Å². The highest BCUT2D eigenvalue weighted by Gasteiger charge is 2.46. The lowest BCUT2D eigenvalue weighted by Crippen LogP contribution is -2.54. The predicted octanol–water partition coefficient (Wildman–Crippen LogP) is 13.1. The zero-order chi connectivity index (χ0) is 70.3. The van der Waals surface area contributed by atoms with Gasteiger partial charge in [0, 0.05) is 121 Å². The Morgan fingerprint density at radius 3 is 0.878 bits per heavy atom. The van der Waals surface area contributed by atoms with Gasteiger partial charge in [-0.1, -0.05) is 44.7 Å². The fourth-order valence-corrected chi connectivity index (χ4v) is 13.4. The maximum Gasteiger partial charge on any atom is 0.262 e. The molecule has 0 aromatic heterocycles. The first kappa shape index (κ1) is 68.7. The van der Waals surface area contributed by atoms with Crippen LogP contribution in [0, 0.1) is 61.3 Å². The van der Waals surface area contributed by atoms with Crippen molar-refractivity contribution >= 4 is 90.3 Å². The zero-order valence-corrected chi connectivity index (χ0v) is 57.4. The van der Waals surface area contributed by atoms with Crippen molar-refractivity contribution in [3.05, 3.63) is 176 Å². The number of nitrogens with one attached hydrogen (secondary N) is 4. The van der Waals surface area contributed by atoms with Gasteiger partial charge < -0.3 is 49.7 Å². The average molecular weight is 1330 g/mol. The van der Waals surface area contributed by atoms with Crippen molar-refractivity contribution in [2.75, 3.05) is 53.6 Å². The third-order valence-corrected chi connectivity index (χ3v) is 17.4. The molecule has 20 heteroatoms. The fourth-order valence-electron chi connectivity index (χ4n) is 13.4. The minimum Gasteiger partial charge on any atom is -0.457 e. The minimum atomic E-state index is -1.46. The number of carbonyl (C=O) groups is 8. The number of hydrogen-bond acceptors (Lipinski definition) is 14. The molecule has 9 aromatic carbocycles. The second-order valence-corrected chi connectivity index (χ2v) is 26.0. The molecule has 11 rings (SSSR count). The molecular formula is C78H80N6O14. The maximum absolute atomic E-state index is 16.2. The number of imide groups is 2. The van der Waals surface area contributed by atoms with Crippen molar-refractivity contribution in [1.29, 1.82) is 0 Å². The van der Waals surface area contributed by atoms with Gasteiger partial charge in [-0.25, -0.2) is 0 Å². The van der Waals surface area contributed by atoms with Gasteiger partial charge in [-0.15, -0.1) is 0 Å². The van der Waals surface area contributed by atoms with Crippen molar-refractivity contribution < 1.29 is 66.8 Å². The van der Waals surface area contributed by atoms with E-state index < -0.39 is 53.4 Å². The standard InChI is InChI=1S/C78H80N6O14/c1-39(2)71(85)79-17-19-81-73(87)57(15-21-93-13)83-75(89)53-35-59(95-49-27-41(5)23-42(6)28-49)65-67-61(97-51-31-45(9)25-46(10)32-51)37-55-64-56(78(92)84(77(55)91)58(16-22-94-14)74(88)82-20-18-80-72(86)40(3)4)38-62(98-52-33-47(11)26-48(12)34-52)68(70(64)67)66-60(36-54(76(83)90)63(53)69(65)66)96-50-29-43(7)24-44(8)30-50/h23-38,40,57-58H,1,15-22H2,2-14H3,(H,79,85)(H,80,86)(H,81,87)(H,82,88). The zero-order valence-electron chi connectivity index (χ0n) is 57.4. The van der Waals surface area contributed by atoms with Gasteiger partial charge in [0.25, 0.3) is 23.6 Å². The van der Waals surface area contributed by atoms with E-state index in [1.54, 1.807) is 45.0 Å². The van der Waals surface area contributed by atoms with E-state index in [9.17, 15) is 19.2 Å². The Morgan fingerprint density at radius 2 is 0.633 bits per heavy atom. The van der Waals surface area contributed by atoms with Crippen molar-refractivity contribution in [3.63, 3.8) is 0 Å². The molecule has 506 valence electrons. The number of methoxy groups -OCH3 is 2. The van der Waals surface area contributed by atoms with Gasteiger partial charge >= 0.3 is 0 Å². The summed E-state index contributed by atoms with van der Waals surface area (Å²) >= 11 is 0. The number of nitrogens with zero attached hydrogens (tertiary/aromatic N) is 2. The van der Waals surface area contributed by atoms with Gasteiger partial charge in [0.15, 0.2) is 0 Å². The highest BCUT2D eigenvalue weighted by molar-refractivity contribution is 6.45. The van der Waals surface area contributed by atoms with Gasteiger partial charge in [-0.2, -0.15) is 0 Å². The number of aryl methyl sites for hydroxylation is 8. The van der Waals surface area contributed by atoms with Crippen LogP contribution in [0.3, 0.4) is 0 Å². The van der Waals surface area contributed by atoms with Crippen LogP contribution in [0.5, 0.6) is 46.0 Å². The molecule has 2 atom stereocenters. The second-order valence-electron chi connectivity index (χ2n) is 26.0. The molecule has 0 fully saturated rings. The van der Waals surface area contributed by atoms with E-state index in [0.717, 1.165) is 54.3 Å². The smallest absolute Gasteiger partial charge is 0.262 e. The molecule has 2 aliphatic heterocycles. The summed E-state index contributed by atoms with van der Waals surface area (Å²) in [7, 11) is 2.89. The van der Waals surface area contributed by atoms with Crippen molar-refractivity contribution in [2.45, 2.75) is 101 Å². The highest BCUT2D eigenvalue weighted by Crippen LogP contribution is 2.58. The number of ether oxygens (including phenoxy) is 6. The normalized spacial score (nSPS) is 13.4. The lowest BCUT2D eigenvalue weighted by molar-refractivity contribution is -0.126. The van der Waals surface area contributed by atoms with E-state index in [4.69, 9.17) is 28.4 Å². The lowest BCUT2D eigenvalue weighted by atomic mass is 9.80. The van der Waals surface area contributed by atoms with Crippen LogP contribution in [0.1, 0.15) is 120 Å². The molecule has 0 saturated carbocycles. The summed E-state index contributed by atoms with van der Waals surface area (Å²) in [6.45, 7) is 24.0. The van der Waals surface area contributed by atoms with Crippen molar-refractivity contribution in [2.24, 2.45) is 5.92 Å². The molecule has 9 aromatic rings. The summed E-state index contributed by atoms with van der Waals surface area (Å²) < 4.78 is 40.1. The Hall–Kier alpha value is -10.7. The van der Waals surface area contributed by atoms with Crippen LogP contribution >= 0.6 is 0 Å². The molecule has 2 aliphatic rings. The van der Waals surface area contributed by atoms with E-state index in [-0.39, 0.29) is 158 Å². The first-order valence-electron chi connectivity index (χ1n) is 32.7. The van der Waals surface area contributed by atoms with Gasteiger partial charge in [-0.3, -0.25) is 48.2 Å². The molecule has 8 amide bonds. The van der Waals surface area contributed by atoms with Gasteiger partial charge in [0.2, 0.25) is 23.6 Å².